The van der Waals surface area contributed by atoms with Gasteiger partial charge in [0.15, 0.2) is 11.5 Å². The van der Waals surface area contributed by atoms with E-state index in [9.17, 15) is 9.18 Å². The van der Waals surface area contributed by atoms with Crippen molar-refractivity contribution in [3.05, 3.63) is 64.4 Å². The number of hydrogen-bond donors (Lipinski definition) is 0. The summed E-state index contributed by atoms with van der Waals surface area (Å²) in [6.45, 7) is 2.10. The van der Waals surface area contributed by atoms with Gasteiger partial charge < -0.3 is 14.4 Å². The van der Waals surface area contributed by atoms with Gasteiger partial charge in [-0.3, -0.25) is 4.79 Å². The molecule has 1 aromatic heterocycles. The first-order valence-corrected chi connectivity index (χ1v) is 10.6. The van der Waals surface area contributed by atoms with Gasteiger partial charge in [-0.2, -0.15) is 0 Å². The second kappa shape index (κ2) is 8.44. The lowest BCUT2D eigenvalue weighted by atomic mass is 10.2. The van der Waals surface area contributed by atoms with E-state index in [0.717, 1.165) is 23.4 Å². The molecule has 0 unspecified atom stereocenters. The molecule has 0 bridgehead atoms. The summed E-state index contributed by atoms with van der Waals surface area (Å²) in [5.41, 5.74) is 2.06. The van der Waals surface area contributed by atoms with Gasteiger partial charge in [0.1, 0.15) is 15.7 Å². The van der Waals surface area contributed by atoms with Gasteiger partial charge in [0, 0.05) is 23.7 Å². The molecule has 3 aromatic rings. The van der Waals surface area contributed by atoms with Crippen LogP contribution in [0.25, 0.3) is 10.6 Å². The van der Waals surface area contributed by atoms with E-state index in [-0.39, 0.29) is 24.3 Å². The van der Waals surface area contributed by atoms with Crippen LogP contribution in [0.1, 0.15) is 33.8 Å². The van der Waals surface area contributed by atoms with E-state index in [1.807, 2.05) is 25.1 Å². The minimum atomic E-state index is -0.289. The van der Waals surface area contributed by atoms with E-state index in [1.54, 1.807) is 37.3 Å². The predicted octanol–water partition coefficient (Wildman–Crippen LogP) is 5.08. The topological polar surface area (TPSA) is 51.7 Å². The number of nitrogens with zero attached hydrogens (tertiary/aromatic N) is 2. The van der Waals surface area contributed by atoms with Gasteiger partial charge in [0.2, 0.25) is 0 Å². The van der Waals surface area contributed by atoms with Crippen molar-refractivity contribution in [2.45, 2.75) is 32.4 Å². The van der Waals surface area contributed by atoms with Crippen LogP contribution in [0.15, 0.2) is 42.5 Å². The molecule has 30 heavy (non-hydrogen) atoms. The maximum absolute atomic E-state index is 14.2. The van der Waals surface area contributed by atoms with E-state index >= 15 is 0 Å². The summed E-state index contributed by atoms with van der Waals surface area (Å²) >= 11 is 1.35. The minimum absolute atomic E-state index is 0.0949. The number of aryl methyl sites for hydroxylation is 1. The zero-order chi connectivity index (χ0) is 21.3. The molecule has 0 aliphatic heterocycles. The summed E-state index contributed by atoms with van der Waals surface area (Å²) in [4.78, 5) is 20.3. The number of methoxy groups -OCH3 is 2. The van der Waals surface area contributed by atoms with Crippen molar-refractivity contribution in [3.8, 4) is 22.1 Å². The fraction of sp³-hybridized carbons (Fsp3) is 0.304. The van der Waals surface area contributed by atoms with E-state index in [0.29, 0.717) is 27.6 Å². The Labute approximate surface area is 179 Å². The number of carbonyl (C=O) groups is 1. The Bertz CT molecular complexity index is 1080. The number of rotatable bonds is 7. The molecule has 1 amide bonds. The Hall–Kier alpha value is -2.93. The summed E-state index contributed by atoms with van der Waals surface area (Å²) in [6, 6.07) is 12.3. The Morgan fingerprint density at radius 2 is 1.90 bits per heavy atom. The zero-order valence-electron chi connectivity index (χ0n) is 17.1. The van der Waals surface area contributed by atoms with Crippen molar-refractivity contribution in [2.24, 2.45) is 0 Å². The smallest absolute Gasteiger partial charge is 0.266 e. The molecule has 1 heterocycles. The molecule has 0 saturated heterocycles. The Kier molecular flexibility index (Phi) is 5.72. The number of ether oxygens (including phenoxy) is 2. The fourth-order valence-corrected chi connectivity index (χ4v) is 4.40. The van der Waals surface area contributed by atoms with Crippen LogP contribution in [0.4, 0.5) is 4.39 Å². The van der Waals surface area contributed by atoms with Crippen LogP contribution in [-0.4, -0.2) is 36.1 Å². The minimum Gasteiger partial charge on any atom is -0.493 e. The van der Waals surface area contributed by atoms with E-state index in [4.69, 9.17) is 9.47 Å². The molecule has 7 heteroatoms. The summed E-state index contributed by atoms with van der Waals surface area (Å²) in [7, 11) is 3.17. The van der Waals surface area contributed by atoms with Crippen molar-refractivity contribution in [2.75, 3.05) is 14.2 Å². The quantitative estimate of drug-likeness (QED) is 0.529. The summed E-state index contributed by atoms with van der Waals surface area (Å²) < 4.78 is 24.8. The highest BCUT2D eigenvalue weighted by atomic mass is 32.1. The molecule has 0 N–H and O–H groups in total. The Balaban J connectivity index is 1.63. The number of carbonyl (C=O) groups excluding carboxylic acids is 1. The van der Waals surface area contributed by atoms with Gasteiger partial charge in [0.25, 0.3) is 5.91 Å². The maximum Gasteiger partial charge on any atom is 0.266 e. The van der Waals surface area contributed by atoms with Gasteiger partial charge in [-0.15, -0.1) is 11.3 Å². The highest BCUT2D eigenvalue weighted by Crippen LogP contribution is 2.37. The monoisotopic (exact) mass is 426 g/mol. The van der Waals surface area contributed by atoms with E-state index < -0.39 is 0 Å². The number of benzene rings is 2. The molecule has 1 aliphatic rings. The molecule has 1 aliphatic carbocycles. The van der Waals surface area contributed by atoms with Gasteiger partial charge in [-0.25, -0.2) is 9.37 Å². The van der Waals surface area contributed by atoms with Crippen LogP contribution in [0.2, 0.25) is 0 Å². The number of aromatic nitrogens is 1. The normalized spacial score (nSPS) is 13.2. The standard InChI is InChI=1S/C23H23FN2O3S/c1-14-21(30-22(25-14)15-8-11-19(28-2)20(12-15)29-3)23(27)26(17-9-10-17)13-16-6-4-5-7-18(16)24/h4-8,11-12,17H,9-10,13H2,1-3H3. The van der Waals surface area contributed by atoms with Crippen LogP contribution in [0, 0.1) is 12.7 Å². The molecule has 0 radical (unpaired) electrons. The highest BCUT2D eigenvalue weighted by molar-refractivity contribution is 7.17. The van der Waals surface area contributed by atoms with Crippen LogP contribution in [-0.2, 0) is 6.54 Å². The number of hydrogen-bond acceptors (Lipinski definition) is 5. The van der Waals surface area contributed by atoms with Gasteiger partial charge in [-0.05, 0) is 44.0 Å². The Morgan fingerprint density at radius 3 is 2.57 bits per heavy atom. The molecular formula is C23H23FN2O3S. The van der Waals surface area contributed by atoms with Crippen LogP contribution in [0.5, 0.6) is 11.5 Å². The van der Waals surface area contributed by atoms with Crippen LogP contribution in [0.3, 0.4) is 0 Å². The summed E-state index contributed by atoms with van der Waals surface area (Å²) in [5, 5.41) is 0.735. The Morgan fingerprint density at radius 1 is 1.17 bits per heavy atom. The maximum atomic E-state index is 14.2. The van der Waals surface area contributed by atoms with Crippen molar-refractivity contribution in [1.29, 1.82) is 0 Å². The molecule has 0 spiro atoms. The number of thiazole rings is 1. The van der Waals surface area contributed by atoms with Crippen molar-refractivity contribution < 1.29 is 18.7 Å². The molecule has 5 nitrogen and oxygen atoms in total. The van der Waals surface area contributed by atoms with Crippen molar-refractivity contribution >= 4 is 17.2 Å². The van der Waals surface area contributed by atoms with Crippen molar-refractivity contribution in [3.63, 3.8) is 0 Å². The largest absolute Gasteiger partial charge is 0.493 e. The average Bonchev–Trinajstić information content (AvgIpc) is 3.53. The van der Waals surface area contributed by atoms with Crippen molar-refractivity contribution in [1.82, 2.24) is 9.88 Å². The lowest BCUT2D eigenvalue weighted by molar-refractivity contribution is 0.0732. The van der Waals surface area contributed by atoms with E-state index in [1.165, 1.54) is 17.4 Å². The average molecular weight is 427 g/mol. The zero-order valence-corrected chi connectivity index (χ0v) is 18.0. The first-order chi connectivity index (χ1) is 14.5. The molecule has 0 atom stereocenters. The molecule has 156 valence electrons. The highest BCUT2D eigenvalue weighted by Gasteiger charge is 2.35. The van der Waals surface area contributed by atoms with Crippen LogP contribution < -0.4 is 9.47 Å². The fourth-order valence-electron chi connectivity index (χ4n) is 3.38. The first kappa shape index (κ1) is 20.3. The number of amides is 1. The third-order valence-corrected chi connectivity index (χ3v) is 6.36. The predicted molar refractivity (Wildman–Crippen MR) is 115 cm³/mol. The second-order valence-electron chi connectivity index (χ2n) is 7.26. The molecule has 4 rings (SSSR count). The summed E-state index contributed by atoms with van der Waals surface area (Å²) in [6.07, 6.45) is 1.89. The third kappa shape index (κ3) is 4.03. The van der Waals surface area contributed by atoms with Gasteiger partial charge in [0.05, 0.1) is 19.9 Å². The lowest BCUT2D eigenvalue weighted by Crippen LogP contribution is -2.32. The SMILES string of the molecule is COc1ccc(-c2nc(C)c(C(=O)N(Cc3ccccc3F)C3CC3)s2)cc1OC. The van der Waals surface area contributed by atoms with Gasteiger partial charge >= 0.3 is 0 Å². The van der Waals surface area contributed by atoms with E-state index in [2.05, 4.69) is 4.98 Å². The molecule has 2 aromatic carbocycles. The molecule has 1 fully saturated rings. The lowest BCUT2D eigenvalue weighted by Gasteiger charge is -2.22. The summed E-state index contributed by atoms with van der Waals surface area (Å²) in [5.74, 6) is 0.857. The first-order valence-electron chi connectivity index (χ1n) is 9.76. The van der Waals surface area contributed by atoms with Crippen LogP contribution >= 0.6 is 11.3 Å². The number of halogens is 1. The van der Waals surface area contributed by atoms with Gasteiger partial charge in [-0.1, -0.05) is 18.2 Å². The molecular weight excluding hydrogens is 403 g/mol. The second-order valence-corrected chi connectivity index (χ2v) is 8.26. The molecule has 1 saturated carbocycles. The third-order valence-electron chi connectivity index (χ3n) is 5.17.